The van der Waals surface area contributed by atoms with Crippen molar-refractivity contribution in [3.8, 4) is 17.2 Å². The lowest BCUT2D eigenvalue weighted by atomic mass is 10.1. The molecule has 2 heteroatoms. The van der Waals surface area contributed by atoms with Crippen LogP contribution in [0, 0.1) is 25.3 Å². The molecule has 0 atom stereocenters. The Morgan fingerprint density at radius 2 is 1.55 bits per heavy atom. The average Bonchev–Trinajstić information content (AvgIpc) is 2.44. The van der Waals surface area contributed by atoms with E-state index in [1.165, 1.54) is 5.56 Å². The highest BCUT2D eigenvalue weighted by Crippen LogP contribution is 2.25. The topological polar surface area (TPSA) is 9.23 Å². The van der Waals surface area contributed by atoms with Gasteiger partial charge in [0.1, 0.15) is 20.4 Å². The van der Waals surface area contributed by atoms with Gasteiger partial charge in [0.2, 0.25) is 0 Å². The van der Waals surface area contributed by atoms with Crippen LogP contribution in [0.25, 0.3) is 0 Å². The molecule has 0 fully saturated rings. The molecule has 0 aliphatic heterocycles. The Balaban J connectivity index is 2.18. The normalized spacial score (nSPS) is 10.8. The van der Waals surface area contributed by atoms with Crippen LogP contribution >= 0.6 is 0 Å². The first-order valence-corrected chi connectivity index (χ1v) is 11.2. The fraction of sp³-hybridized carbons (Fsp3) is 0.300. The second-order valence-corrected chi connectivity index (χ2v) is 11.5. The van der Waals surface area contributed by atoms with Crippen molar-refractivity contribution in [3.63, 3.8) is 0 Å². The minimum absolute atomic E-state index is 0.600. The second kappa shape index (κ2) is 6.85. The van der Waals surface area contributed by atoms with Crippen molar-refractivity contribution in [3.05, 3.63) is 64.7 Å². The van der Waals surface area contributed by atoms with E-state index in [4.69, 9.17) is 4.74 Å². The first-order valence-electron chi connectivity index (χ1n) is 7.66. The third-order valence-electron chi connectivity index (χ3n) is 3.27. The van der Waals surface area contributed by atoms with E-state index in [0.29, 0.717) is 6.61 Å². The monoisotopic (exact) mass is 308 g/mol. The smallest absolute Gasteiger partial charge is 0.129 e. The summed E-state index contributed by atoms with van der Waals surface area (Å²) in [6.07, 6.45) is 0. The van der Waals surface area contributed by atoms with E-state index in [1.54, 1.807) is 0 Å². The molecule has 2 rings (SSSR count). The summed E-state index contributed by atoms with van der Waals surface area (Å²) in [6, 6.07) is 14.5. The van der Waals surface area contributed by atoms with E-state index >= 15 is 0 Å². The van der Waals surface area contributed by atoms with E-state index in [2.05, 4.69) is 69.2 Å². The predicted molar refractivity (Wildman–Crippen MR) is 96.9 cm³/mol. The van der Waals surface area contributed by atoms with Crippen LogP contribution in [0.5, 0.6) is 5.75 Å². The van der Waals surface area contributed by atoms with Crippen molar-refractivity contribution >= 4 is 8.07 Å². The molecule has 0 aliphatic carbocycles. The summed E-state index contributed by atoms with van der Waals surface area (Å²) in [4.78, 5) is 0. The van der Waals surface area contributed by atoms with Gasteiger partial charge in [-0.25, -0.2) is 0 Å². The van der Waals surface area contributed by atoms with E-state index in [0.717, 1.165) is 22.4 Å². The Hall–Kier alpha value is -1.98. The maximum Gasteiger partial charge on any atom is 0.129 e. The lowest BCUT2D eigenvalue weighted by Gasteiger charge is -2.13. The molecule has 22 heavy (non-hydrogen) atoms. The highest BCUT2D eigenvalue weighted by molar-refractivity contribution is 6.83. The average molecular weight is 308 g/mol. The number of rotatable bonds is 3. The van der Waals surface area contributed by atoms with Crippen LogP contribution < -0.4 is 4.74 Å². The van der Waals surface area contributed by atoms with E-state index < -0.39 is 8.07 Å². The molecular formula is C20H24OSi. The summed E-state index contributed by atoms with van der Waals surface area (Å²) in [5.41, 5.74) is 7.99. The van der Waals surface area contributed by atoms with E-state index in [-0.39, 0.29) is 0 Å². The second-order valence-electron chi connectivity index (χ2n) is 6.71. The van der Waals surface area contributed by atoms with Gasteiger partial charge in [-0.15, -0.1) is 5.54 Å². The molecule has 0 amide bonds. The molecule has 0 radical (unpaired) electrons. The van der Waals surface area contributed by atoms with Crippen molar-refractivity contribution in [2.75, 3.05) is 0 Å². The lowest BCUT2D eigenvalue weighted by molar-refractivity contribution is 0.302. The van der Waals surface area contributed by atoms with Crippen molar-refractivity contribution in [1.29, 1.82) is 0 Å². The number of benzene rings is 2. The summed E-state index contributed by atoms with van der Waals surface area (Å²) < 4.78 is 6.01. The Kier molecular flexibility index (Phi) is 5.10. The molecule has 2 aromatic carbocycles. The van der Waals surface area contributed by atoms with Gasteiger partial charge >= 0.3 is 0 Å². The summed E-state index contributed by atoms with van der Waals surface area (Å²) in [6.45, 7) is 11.6. The number of hydrogen-bond acceptors (Lipinski definition) is 1. The van der Waals surface area contributed by atoms with Gasteiger partial charge in [-0.1, -0.05) is 55.9 Å². The van der Waals surface area contributed by atoms with Gasteiger partial charge in [-0.2, -0.15) is 0 Å². The number of hydrogen-bond donors (Lipinski definition) is 0. The van der Waals surface area contributed by atoms with Crippen molar-refractivity contribution in [2.24, 2.45) is 0 Å². The zero-order valence-electron chi connectivity index (χ0n) is 14.2. The molecule has 0 heterocycles. The summed E-state index contributed by atoms with van der Waals surface area (Å²) in [5.74, 6) is 4.30. The Bertz CT molecular complexity index is 677. The molecule has 0 N–H and O–H groups in total. The van der Waals surface area contributed by atoms with Gasteiger partial charge in [0, 0.05) is 5.56 Å². The van der Waals surface area contributed by atoms with Gasteiger partial charge in [-0.3, -0.25) is 0 Å². The molecule has 0 bridgehead atoms. The fourth-order valence-corrected chi connectivity index (χ4v) is 2.76. The van der Waals surface area contributed by atoms with Crippen LogP contribution in [-0.4, -0.2) is 8.07 Å². The minimum Gasteiger partial charge on any atom is -0.488 e. The summed E-state index contributed by atoms with van der Waals surface area (Å²) in [7, 11) is -1.34. The van der Waals surface area contributed by atoms with Crippen LogP contribution in [0.3, 0.4) is 0 Å². The van der Waals surface area contributed by atoms with Crippen molar-refractivity contribution < 1.29 is 4.74 Å². The van der Waals surface area contributed by atoms with Gasteiger partial charge in [0.25, 0.3) is 0 Å². The Morgan fingerprint density at radius 1 is 0.955 bits per heavy atom. The van der Waals surface area contributed by atoms with E-state index in [9.17, 15) is 0 Å². The number of ether oxygens (including phenoxy) is 1. The maximum absolute atomic E-state index is 6.01. The molecule has 2 aromatic rings. The third-order valence-corrected chi connectivity index (χ3v) is 4.14. The molecule has 0 saturated carbocycles. The first-order chi connectivity index (χ1) is 10.3. The van der Waals surface area contributed by atoms with Crippen LogP contribution in [0.1, 0.15) is 22.3 Å². The Labute approximate surface area is 135 Å². The summed E-state index contributed by atoms with van der Waals surface area (Å²) in [5, 5.41) is 0. The van der Waals surface area contributed by atoms with Crippen molar-refractivity contribution in [1.82, 2.24) is 0 Å². The quantitative estimate of drug-likeness (QED) is 0.565. The highest BCUT2D eigenvalue weighted by atomic mass is 28.3. The predicted octanol–water partition coefficient (Wildman–Crippen LogP) is 5.11. The molecular weight excluding hydrogens is 284 g/mol. The maximum atomic E-state index is 6.01. The van der Waals surface area contributed by atoms with Gasteiger partial charge in [-0.05, 0) is 42.7 Å². The first kappa shape index (κ1) is 16.4. The van der Waals surface area contributed by atoms with Gasteiger partial charge in [0.05, 0.1) is 0 Å². The molecule has 0 spiro atoms. The highest BCUT2D eigenvalue weighted by Gasteiger charge is 2.09. The Morgan fingerprint density at radius 3 is 2.09 bits per heavy atom. The third kappa shape index (κ3) is 4.79. The van der Waals surface area contributed by atoms with Crippen molar-refractivity contribution in [2.45, 2.75) is 40.1 Å². The molecule has 0 aliphatic rings. The zero-order chi connectivity index (χ0) is 16.2. The van der Waals surface area contributed by atoms with Crippen LogP contribution in [0.15, 0.2) is 42.5 Å². The molecule has 0 unspecified atom stereocenters. The molecule has 0 aromatic heterocycles. The fourth-order valence-electron chi connectivity index (χ4n) is 2.24. The standard InChI is InChI=1S/C20H24OSi/c1-16-13-19(11-12-22(3,4)5)14-17(2)20(16)21-15-18-9-7-6-8-10-18/h6-10,13-14H,15H2,1-5H3. The zero-order valence-corrected chi connectivity index (χ0v) is 15.2. The van der Waals surface area contributed by atoms with Crippen LogP contribution in [-0.2, 0) is 6.61 Å². The molecule has 0 saturated heterocycles. The molecule has 114 valence electrons. The van der Waals surface area contributed by atoms with E-state index in [1.807, 2.05) is 18.2 Å². The van der Waals surface area contributed by atoms with Gasteiger partial charge in [0.15, 0.2) is 0 Å². The SMILES string of the molecule is Cc1cc(C#C[Si](C)(C)C)cc(C)c1OCc1ccccc1. The molecule has 1 nitrogen and oxygen atoms in total. The van der Waals surface area contributed by atoms with Crippen LogP contribution in [0.2, 0.25) is 19.6 Å². The summed E-state index contributed by atoms with van der Waals surface area (Å²) >= 11 is 0. The van der Waals surface area contributed by atoms with Gasteiger partial charge < -0.3 is 4.74 Å². The largest absolute Gasteiger partial charge is 0.488 e. The number of aryl methyl sites for hydroxylation is 2. The van der Waals surface area contributed by atoms with Crippen LogP contribution in [0.4, 0.5) is 0 Å². The minimum atomic E-state index is -1.34. The lowest BCUT2D eigenvalue weighted by Crippen LogP contribution is -2.16.